The number of nitrogens with one attached hydrogen (secondary N) is 1. The quantitative estimate of drug-likeness (QED) is 0.409. The molecule has 106 valence electrons. The molecule has 5 heteroatoms. The van der Waals surface area contributed by atoms with E-state index in [2.05, 4.69) is 24.2 Å². The molecule has 1 aliphatic rings. The van der Waals surface area contributed by atoms with Gasteiger partial charge in [-0.1, -0.05) is 6.92 Å². The molecule has 0 bridgehead atoms. The van der Waals surface area contributed by atoms with Crippen molar-refractivity contribution in [2.45, 2.75) is 51.7 Å². The fourth-order valence-corrected chi connectivity index (χ4v) is 1.76. The third-order valence-electron chi connectivity index (χ3n) is 3.11. The molecule has 3 N–H and O–H groups in total. The lowest BCUT2D eigenvalue weighted by Gasteiger charge is -2.22. The minimum Gasteiger partial charge on any atom is -0.381 e. The fraction of sp³-hybridized carbons (Fsp3) is 0.923. The van der Waals surface area contributed by atoms with Crippen molar-refractivity contribution in [1.29, 1.82) is 0 Å². The van der Waals surface area contributed by atoms with Crippen molar-refractivity contribution in [3.8, 4) is 0 Å². The molecule has 0 radical (unpaired) electrons. The third kappa shape index (κ3) is 6.81. The SMILES string of the molecule is CCC(C)NC(N)=NCCCOC1CCOCC1. The molecule has 1 fully saturated rings. The van der Waals surface area contributed by atoms with Gasteiger partial charge in [-0.2, -0.15) is 0 Å². The molecule has 0 aromatic rings. The highest BCUT2D eigenvalue weighted by Gasteiger charge is 2.13. The van der Waals surface area contributed by atoms with Gasteiger partial charge in [0.15, 0.2) is 5.96 Å². The van der Waals surface area contributed by atoms with Crippen LogP contribution in [-0.2, 0) is 9.47 Å². The van der Waals surface area contributed by atoms with E-state index in [1.54, 1.807) is 0 Å². The van der Waals surface area contributed by atoms with E-state index in [9.17, 15) is 0 Å². The van der Waals surface area contributed by atoms with E-state index in [0.29, 0.717) is 18.1 Å². The predicted octanol–water partition coefficient (Wildman–Crippen LogP) is 1.27. The van der Waals surface area contributed by atoms with Gasteiger partial charge >= 0.3 is 0 Å². The first-order valence-electron chi connectivity index (χ1n) is 6.98. The molecule has 1 rings (SSSR count). The molecule has 1 unspecified atom stereocenters. The number of nitrogens with zero attached hydrogens (tertiary/aromatic N) is 1. The van der Waals surface area contributed by atoms with E-state index in [1.807, 2.05) is 0 Å². The van der Waals surface area contributed by atoms with Gasteiger partial charge in [0.1, 0.15) is 0 Å². The van der Waals surface area contributed by atoms with Crippen molar-refractivity contribution in [2.75, 3.05) is 26.4 Å². The average molecular weight is 257 g/mol. The summed E-state index contributed by atoms with van der Waals surface area (Å²) in [6, 6.07) is 0.382. The van der Waals surface area contributed by atoms with Gasteiger partial charge < -0.3 is 20.5 Å². The summed E-state index contributed by atoms with van der Waals surface area (Å²) in [5, 5.41) is 3.14. The summed E-state index contributed by atoms with van der Waals surface area (Å²) in [5.41, 5.74) is 5.76. The summed E-state index contributed by atoms with van der Waals surface area (Å²) in [6.45, 7) is 7.34. The number of hydrogen-bond acceptors (Lipinski definition) is 3. The maximum absolute atomic E-state index is 5.76. The number of rotatable bonds is 7. The number of guanidine groups is 1. The van der Waals surface area contributed by atoms with Crippen LogP contribution in [0.15, 0.2) is 4.99 Å². The number of ether oxygens (including phenoxy) is 2. The van der Waals surface area contributed by atoms with Crippen molar-refractivity contribution >= 4 is 5.96 Å². The van der Waals surface area contributed by atoms with Crippen molar-refractivity contribution in [3.05, 3.63) is 0 Å². The topological polar surface area (TPSA) is 68.9 Å². The summed E-state index contributed by atoms with van der Waals surface area (Å²) in [4.78, 5) is 4.27. The highest BCUT2D eigenvalue weighted by atomic mass is 16.5. The Morgan fingerprint density at radius 3 is 2.89 bits per heavy atom. The molecule has 18 heavy (non-hydrogen) atoms. The van der Waals surface area contributed by atoms with E-state index in [4.69, 9.17) is 15.2 Å². The second kappa shape index (κ2) is 9.16. The van der Waals surface area contributed by atoms with Crippen LogP contribution in [0.4, 0.5) is 0 Å². The summed E-state index contributed by atoms with van der Waals surface area (Å²) >= 11 is 0. The summed E-state index contributed by atoms with van der Waals surface area (Å²) in [6.07, 6.45) is 4.36. The van der Waals surface area contributed by atoms with Crippen LogP contribution in [0.3, 0.4) is 0 Å². The van der Waals surface area contributed by atoms with E-state index in [-0.39, 0.29) is 0 Å². The Morgan fingerprint density at radius 2 is 2.22 bits per heavy atom. The maximum atomic E-state index is 5.76. The Labute approximate surface area is 110 Å². The molecule has 0 aromatic carbocycles. The van der Waals surface area contributed by atoms with Crippen LogP contribution in [0.1, 0.15) is 39.5 Å². The Bertz CT molecular complexity index is 240. The zero-order valence-corrected chi connectivity index (χ0v) is 11.7. The van der Waals surface area contributed by atoms with E-state index in [1.165, 1.54) is 0 Å². The van der Waals surface area contributed by atoms with Crippen LogP contribution in [-0.4, -0.2) is 44.5 Å². The molecule has 0 aliphatic carbocycles. The summed E-state index contributed by atoms with van der Waals surface area (Å²) in [5.74, 6) is 0.537. The fourth-order valence-electron chi connectivity index (χ4n) is 1.76. The Hall–Kier alpha value is -0.810. The van der Waals surface area contributed by atoms with Gasteiger partial charge in [-0.3, -0.25) is 4.99 Å². The van der Waals surface area contributed by atoms with Crippen LogP contribution in [0, 0.1) is 0 Å². The minimum atomic E-state index is 0.373. The number of nitrogens with two attached hydrogens (primary N) is 1. The first-order valence-corrected chi connectivity index (χ1v) is 6.98. The van der Waals surface area contributed by atoms with Gasteiger partial charge in [0.2, 0.25) is 0 Å². The van der Waals surface area contributed by atoms with Crippen molar-refractivity contribution < 1.29 is 9.47 Å². The Morgan fingerprint density at radius 1 is 1.50 bits per heavy atom. The molecule has 5 nitrogen and oxygen atoms in total. The smallest absolute Gasteiger partial charge is 0.188 e. The van der Waals surface area contributed by atoms with E-state index >= 15 is 0 Å². The second-order valence-corrected chi connectivity index (χ2v) is 4.76. The molecule has 1 saturated heterocycles. The van der Waals surface area contributed by atoms with Gasteiger partial charge in [0.05, 0.1) is 6.10 Å². The zero-order valence-electron chi connectivity index (χ0n) is 11.7. The van der Waals surface area contributed by atoms with Crippen molar-refractivity contribution in [2.24, 2.45) is 10.7 Å². The summed E-state index contributed by atoms with van der Waals surface area (Å²) in [7, 11) is 0. The van der Waals surface area contributed by atoms with Crippen LogP contribution >= 0.6 is 0 Å². The molecule has 1 atom stereocenters. The monoisotopic (exact) mass is 257 g/mol. The number of aliphatic imine (C=N–C) groups is 1. The Balaban J connectivity index is 2.01. The van der Waals surface area contributed by atoms with Crippen LogP contribution in [0.5, 0.6) is 0 Å². The molecular formula is C13H27N3O2. The van der Waals surface area contributed by atoms with Crippen LogP contribution in [0.2, 0.25) is 0 Å². The third-order valence-corrected chi connectivity index (χ3v) is 3.11. The average Bonchev–Trinajstić information content (AvgIpc) is 2.39. The zero-order chi connectivity index (χ0) is 13.2. The number of hydrogen-bond donors (Lipinski definition) is 2. The normalized spacial score (nSPS) is 19.8. The molecule has 0 saturated carbocycles. The van der Waals surface area contributed by atoms with E-state index in [0.717, 1.165) is 52.0 Å². The molecule has 1 heterocycles. The molecular weight excluding hydrogens is 230 g/mol. The van der Waals surface area contributed by atoms with Gasteiger partial charge in [0.25, 0.3) is 0 Å². The van der Waals surface area contributed by atoms with Gasteiger partial charge in [-0.15, -0.1) is 0 Å². The first-order chi connectivity index (χ1) is 8.72. The maximum Gasteiger partial charge on any atom is 0.188 e. The largest absolute Gasteiger partial charge is 0.381 e. The minimum absolute atomic E-state index is 0.373. The molecule has 0 amide bonds. The van der Waals surface area contributed by atoms with Gasteiger partial charge in [-0.25, -0.2) is 0 Å². The second-order valence-electron chi connectivity index (χ2n) is 4.76. The lowest BCUT2D eigenvalue weighted by Crippen LogP contribution is -2.38. The lowest BCUT2D eigenvalue weighted by atomic mass is 10.1. The van der Waals surface area contributed by atoms with Crippen molar-refractivity contribution in [1.82, 2.24) is 5.32 Å². The van der Waals surface area contributed by atoms with Crippen molar-refractivity contribution in [3.63, 3.8) is 0 Å². The molecule has 0 spiro atoms. The standard InChI is InChI=1S/C13H27N3O2/c1-3-11(2)16-13(14)15-7-4-8-18-12-5-9-17-10-6-12/h11-12H,3-10H2,1-2H3,(H3,14,15,16). The molecule has 0 aromatic heterocycles. The highest BCUT2D eigenvalue weighted by Crippen LogP contribution is 2.10. The van der Waals surface area contributed by atoms with Gasteiger partial charge in [-0.05, 0) is 32.6 Å². The molecule has 1 aliphatic heterocycles. The summed E-state index contributed by atoms with van der Waals surface area (Å²) < 4.78 is 11.0. The van der Waals surface area contributed by atoms with Gasteiger partial charge in [0, 0.05) is 32.4 Å². The predicted molar refractivity (Wildman–Crippen MR) is 73.8 cm³/mol. The van der Waals surface area contributed by atoms with E-state index < -0.39 is 0 Å². The van der Waals surface area contributed by atoms with Crippen LogP contribution < -0.4 is 11.1 Å². The highest BCUT2D eigenvalue weighted by molar-refractivity contribution is 5.78. The lowest BCUT2D eigenvalue weighted by molar-refractivity contribution is -0.0318. The Kier molecular flexibility index (Phi) is 7.76. The first kappa shape index (κ1) is 15.2. The van der Waals surface area contributed by atoms with Crippen LogP contribution in [0.25, 0.3) is 0 Å².